The van der Waals surface area contributed by atoms with Gasteiger partial charge in [0.2, 0.25) is 22.8 Å². The third kappa shape index (κ3) is 22.3. The van der Waals surface area contributed by atoms with Crippen LogP contribution >= 0.6 is 0 Å². The van der Waals surface area contributed by atoms with Crippen LogP contribution in [0.25, 0.3) is 89.5 Å². The van der Waals surface area contributed by atoms with Gasteiger partial charge in [-0.1, -0.05) is 231 Å². The lowest BCUT2D eigenvalue weighted by Gasteiger charge is -2.14. The van der Waals surface area contributed by atoms with Gasteiger partial charge in [0.25, 0.3) is 0 Å². The molecule has 4 heteroatoms. The van der Waals surface area contributed by atoms with E-state index in [2.05, 4.69) is 202 Å². The summed E-state index contributed by atoms with van der Waals surface area (Å²) in [4.78, 5) is 0. The minimum atomic E-state index is -2.48. The lowest BCUT2D eigenvalue weighted by atomic mass is 9.91. The molecule has 568 valence electrons. The van der Waals surface area contributed by atoms with Crippen molar-refractivity contribution in [2.75, 3.05) is 0 Å². The highest BCUT2D eigenvalue weighted by atomic mass is 14.9. The molecule has 0 radical (unpaired) electrons. The average Bonchev–Trinajstić information content (AvgIpc) is 0.743. The van der Waals surface area contributed by atoms with Crippen LogP contribution in [0.15, 0.2) is 219 Å². The second kappa shape index (κ2) is 40.0. The Hall–Kier alpha value is -9.64. The first kappa shape index (κ1) is 70.1. The predicted molar refractivity (Wildman–Crippen MR) is 472 cm³/mol. The Labute approximate surface area is 675 Å². The monoisotopic (exact) mass is 1450 g/mol. The van der Waals surface area contributed by atoms with Crippen LogP contribution < -0.4 is 18.3 Å². The van der Waals surface area contributed by atoms with Gasteiger partial charge < -0.3 is 0 Å². The highest BCUT2D eigenvalue weighted by Crippen LogP contribution is 2.37. The summed E-state index contributed by atoms with van der Waals surface area (Å²) in [6.45, 7) is 28.3. The maximum atomic E-state index is 8.65. The molecule has 0 saturated heterocycles. The number of aryl methyl sites for hydroxylation is 16. The van der Waals surface area contributed by atoms with E-state index in [0.717, 1.165) is 46.4 Å². The maximum absolute atomic E-state index is 8.65. The summed E-state index contributed by atoms with van der Waals surface area (Å²) in [7, 11) is 7.95. The summed E-state index contributed by atoms with van der Waals surface area (Å²) in [6, 6.07) is 65.1. The molecule has 4 nitrogen and oxygen atoms in total. The number of pyridine rings is 4. The molecule has 8 aromatic carbocycles. The van der Waals surface area contributed by atoms with E-state index in [1.54, 1.807) is 43.7 Å². The van der Waals surface area contributed by atoms with Crippen molar-refractivity contribution in [3.8, 4) is 89.5 Å². The van der Waals surface area contributed by atoms with E-state index in [-0.39, 0.29) is 52.3 Å². The second-order valence-electron chi connectivity index (χ2n) is 30.1. The lowest BCUT2D eigenvalue weighted by Crippen LogP contribution is -2.32. The predicted octanol–water partition coefficient (Wildman–Crippen LogP) is 26.4. The molecule has 0 spiro atoms. The molecule has 4 aromatic heterocycles. The zero-order valence-corrected chi connectivity index (χ0v) is 65.8. The van der Waals surface area contributed by atoms with E-state index in [4.69, 9.17) is 17.8 Å². The summed E-state index contributed by atoms with van der Waals surface area (Å²) in [5.74, 6) is 0.730. The van der Waals surface area contributed by atoms with Gasteiger partial charge >= 0.3 is 0 Å². The molecule has 0 unspecified atom stereocenters. The van der Waals surface area contributed by atoms with E-state index in [1.165, 1.54) is 95.5 Å². The number of hydrogen-bond acceptors (Lipinski definition) is 0. The molecule has 0 bridgehead atoms. The fourth-order valence-electron chi connectivity index (χ4n) is 14.1. The van der Waals surface area contributed by atoms with Gasteiger partial charge in [-0.15, -0.1) is 0 Å². The van der Waals surface area contributed by atoms with Crippen molar-refractivity contribution in [1.29, 1.82) is 0 Å². The molecular weight excluding hydrogens is 1310 g/mol. The first-order chi connectivity index (χ1) is 54.6. The first-order valence-corrected chi connectivity index (χ1v) is 36.9. The zero-order chi connectivity index (χ0) is 86.5. The van der Waals surface area contributed by atoms with Crippen LogP contribution in [0.5, 0.6) is 0 Å². The number of hydrogen-bond donors (Lipinski definition) is 0. The maximum Gasteiger partial charge on any atom is 0.212 e. The van der Waals surface area contributed by atoms with Crippen molar-refractivity contribution in [3.63, 3.8) is 0 Å². The topological polar surface area (TPSA) is 15.5 Å². The van der Waals surface area contributed by atoms with Gasteiger partial charge in [0.05, 0.1) is 0 Å². The average molecular weight is 1460 g/mol. The van der Waals surface area contributed by atoms with E-state index >= 15 is 0 Å². The number of rotatable bonds is 16. The summed E-state index contributed by atoms with van der Waals surface area (Å²) >= 11 is 0. The Bertz CT molecular complexity index is 5510. The van der Waals surface area contributed by atoms with Crippen molar-refractivity contribution < 1.29 is 36.1 Å². The molecule has 0 amide bonds. The van der Waals surface area contributed by atoms with Gasteiger partial charge in [0.1, 0.15) is 28.2 Å². The van der Waals surface area contributed by atoms with Gasteiger partial charge in [-0.3, -0.25) is 0 Å². The number of benzene rings is 8. The van der Waals surface area contributed by atoms with Gasteiger partial charge in [-0.25, -0.2) is 18.3 Å². The van der Waals surface area contributed by atoms with E-state index in [9.17, 15) is 0 Å². The van der Waals surface area contributed by atoms with E-state index in [1.807, 2.05) is 131 Å². The van der Waals surface area contributed by atoms with Gasteiger partial charge in [0, 0.05) is 86.6 Å². The van der Waals surface area contributed by atoms with Crippen molar-refractivity contribution in [2.24, 2.45) is 51.9 Å². The third-order valence-electron chi connectivity index (χ3n) is 19.4. The summed E-state index contributed by atoms with van der Waals surface area (Å²) in [5, 5.41) is 0. The normalized spacial score (nSPS) is 13.2. The Kier molecular flexibility index (Phi) is 25.9. The zero-order valence-electron chi connectivity index (χ0n) is 78.8. The van der Waals surface area contributed by atoms with Crippen LogP contribution in [0.3, 0.4) is 0 Å². The molecule has 108 heavy (non-hydrogen) atoms. The second-order valence-corrected chi connectivity index (χ2v) is 30.1. The van der Waals surface area contributed by atoms with Crippen LogP contribution in [0, 0.1) is 107 Å². The molecule has 12 rings (SSSR count). The smallest absolute Gasteiger partial charge is 0.201 e. The number of nitrogens with zero attached hydrogens (tertiary/aromatic N) is 4. The lowest BCUT2D eigenvalue weighted by molar-refractivity contribution is -0.661. The Morgan fingerprint density at radius 2 is 0.509 bits per heavy atom. The van der Waals surface area contributed by atoms with Crippen LogP contribution in [0.2, 0.25) is 0 Å². The van der Waals surface area contributed by atoms with Crippen molar-refractivity contribution in [3.05, 3.63) is 308 Å². The van der Waals surface area contributed by atoms with Gasteiger partial charge in [-0.2, -0.15) is 0 Å². The van der Waals surface area contributed by atoms with Crippen LogP contribution in [-0.4, -0.2) is 0 Å². The summed E-state index contributed by atoms with van der Waals surface area (Å²) < 4.78 is 115. The van der Waals surface area contributed by atoms with Crippen molar-refractivity contribution >= 4 is 0 Å². The fraction of sp³-hybridized carbons (Fsp3) is 0.346. The standard InChI is InChI=1S/4C25H30N.4CH4/c2*1-17(2)12-22-16-26(6)25(14-18(22)3)24-15-23(19(4)13-20(24)5)21-10-8-7-9-11-21;2*1-17(2)12-22-14-25(26(6)16-20(22)5)24-15-23(18(3)13-19(24)4)21-10-8-7-9-11-21;;;;/h4*7-11,13-17H,12H2,1-6H3;4*1H4/q4*+1;;;;/i4D3,12D2;;3D3,5D3,12D2;;;;;. The van der Waals surface area contributed by atoms with Gasteiger partial charge in [0.15, 0.2) is 24.8 Å². The SMILES string of the molecule is C.C.C.C.Cc1c[n+](C)c(-c2cc(-c3ccccc3)c(C)cc2C)cc1CC(C)C.Cc1cc(-c2cc(-c3ccccc3)c(C)cc2C)[n+](C)cc1CC(C)C.[2H]C([2H])([2H])c1cc(C)c(-c2cc(C([2H])([2H])C(C)C)c(C([2H])([2H])[2H])c[n+]2C)cc1-c1ccccc1.[2H]C([2H])([2H])c1cc(C)c(-c2cc(C)c(C([2H])([2H])C(C)C)c[n+]2C)cc1-c1ccccc1. The Morgan fingerprint density at radius 1 is 0.250 bits per heavy atom. The van der Waals surface area contributed by atoms with Crippen LogP contribution in [0.4, 0.5) is 0 Å². The highest BCUT2D eigenvalue weighted by Gasteiger charge is 2.24. The molecular formula is C104H136N4+4. The van der Waals surface area contributed by atoms with Gasteiger partial charge in [-0.05, 0) is 268 Å². The first-order valence-electron chi connectivity index (χ1n) is 43.4. The molecule has 0 fully saturated rings. The number of aromatic nitrogens is 4. The molecule has 0 aliphatic heterocycles. The van der Waals surface area contributed by atoms with E-state index in [0.29, 0.717) is 50.9 Å². The molecule has 0 atom stereocenters. The molecule has 0 saturated carbocycles. The van der Waals surface area contributed by atoms with E-state index < -0.39 is 39.2 Å². The molecule has 4 heterocycles. The quantitative estimate of drug-likeness (QED) is 0.0857. The largest absolute Gasteiger partial charge is 0.212 e. The highest BCUT2D eigenvalue weighted by molar-refractivity contribution is 5.80. The Balaban J connectivity index is 0.000000285. The minimum absolute atomic E-state index is 0. The minimum Gasteiger partial charge on any atom is -0.201 e. The van der Waals surface area contributed by atoms with Crippen LogP contribution in [0.1, 0.15) is 192 Å². The molecule has 0 aliphatic rings. The van der Waals surface area contributed by atoms with Crippen LogP contribution in [-0.2, 0) is 53.8 Å². The Morgan fingerprint density at radius 3 is 0.843 bits per heavy atom. The summed E-state index contributed by atoms with van der Waals surface area (Å²) in [6.07, 6.45) is 6.86. The fourth-order valence-corrected chi connectivity index (χ4v) is 14.1. The third-order valence-corrected chi connectivity index (χ3v) is 19.4. The van der Waals surface area contributed by atoms with Crippen molar-refractivity contribution in [2.45, 2.75) is 194 Å². The molecule has 0 N–H and O–H groups in total. The molecule has 0 aliphatic carbocycles. The van der Waals surface area contributed by atoms with Crippen molar-refractivity contribution in [1.82, 2.24) is 0 Å². The molecule has 12 aromatic rings. The summed E-state index contributed by atoms with van der Waals surface area (Å²) in [5.41, 5.74) is 31.2.